The molecule has 0 radical (unpaired) electrons. The van der Waals surface area contributed by atoms with Crippen LogP contribution in [0.2, 0.25) is 0 Å². The van der Waals surface area contributed by atoms with Gasteiger partial charge in [0.05, 0.1) is 13.7 Å². The van der Waals surface area contributed by atoms with Gasteiger partial charge in [-0.05, 0) is 43.9 Å². The van der Waals surface area contributed by atoms with E-state index in [1.54, 1.807) is 7.11 Å². The number of rotatable bonds is 8. The number of carbonyl (C=O) groups is 1. The van der Waals surface area contributed by atoms with Crippen molar-refractivity contribution in [3.63, 3.8) is 0 Å². The number of aliphatic imine (C=N–C) groups is 1. The smallest absolute Gasteiger partial charge is 0.223 e. The summed E-state index contributed by atoms with van der Waals surface area (Å²) < 4.78 is 5.35. The highest BCUT2D eigenvalue weighted by molar-refractivity contribution is 14.0. The minimum absolute atomic E-state index is 0. The van der Waals surface area contributed by atoms with Crippen molar-refractivity contribution in [1.82, 2.24) is 16.0 Å². The normalized spacial score (nSPS) is 13.6. The molecule has 0 aliphatic heterocycles. The fourth-order valence-electron chi connectivity index (χ4n) is 2.33. The van der Waals surface area contributed by atoms with Gasteiger partial charge in [0, 0.05) is 25.6 Å². The number of nitrogens with zero attached hydrogens (tertiary/aromatic N) is 1. The molecule has 1 amide bonds. The summed E-state index contributed by atoms with van der Waals surface area (Å²) in [5.74, 6) is 2.05. The van der Waals surface area contributed by atoms with Crippen molar-refractivity contribution >= 4 is 35.8 Å². The maximum absolute atomic E-state index is 11.6. The van der Waals surface area contributed by atoms with Crippen LogP contribution in [0.3, 0.4) is 0 Å². The number of ether oxygens (including phenoxy) is 1. The standard InChI is InChI=1S/C18H28N4O2.HI/c1-4-19-18(21-10-9-20-17(23)15-7-8-15)22-12-14-6-5-13(2)16(11-14)24-3;/h5-6,11,15H,4,7-10,12H2,1-3H3,(H,20,23)(H2,19,21,22);1H. The summed E-state index contributed by atoms with van der Waals surface area (Å²) in [5.41, 5.74) is 2.21. The Kier molecular flexibility index (Phi) is 9.62. The molecule has 0 saturated heterocycles. The summed E-state index contributed by atoms with van der Waals surface area (Å²) in [6.07, 6.45) is 2.06. The first-order valence-corrected chi connectivity index (χ1v) is 8.57. The Labute approximate surface area is 167 Å². The van der Waals surface area contributed by atoms with Gasteiger partial charge in [-0.3, -0.25) is 4.79 Å². The molecule has 0 heterocycles. The van der Waals surface area contributed by atoms with Gasteiger partial charge in [-0.2, -0.15) is 0 Å². The lowest BCUT2D eigenvalue weighted by Gasteiger charge is -2.12. The molecule has 25 heavy (non-hydrogen) atoms. The summed E-state index contributed by atoms with van der Waals surface area (Å²) in [6.45, 7) is 6.67. The highest BCUT2D eigenvalue weighted by atomic mass is 127. The predicted molar refractivity (Wildman–Crippen MR) is 112 cm³/mol. The van der Waals surface area contributed by atoms with Crippen molar-refractivity contribution in [3.05, 3.63) is 29.3 Å². The van der Waals surface area contributed by atoms with Crippen molar-refractivity contribution in [1.29, 1.82) is 0 Å². The van der Waals surface area contributed by atoms with E-state index >= 15 is 0 Å². The van der Waals surface area contributed by atoms with E-state index in [9.17, 15) is 4.79 Å². The summed E-state index contributed by atoms with van der Waals surface area (Å²) in [5, 5.41) is 9.39. The van der Waals surface area contributed by atoms with Crippen molar-refractivity contribution in [2.75, 3.05) is 26.7 Å². The fourth-order valence-corrected chi connectivity index (χ4v) is 2.33. The lowest BCUT2D eigenvalue weighted by atomic mass is 10.1. The second-order valence-electron chi connectivity index (χ2n) is 5.99. The zero-order valence-electron chi connectivity index (χ0n) is 15.2. The molecular formula is C18H29IN4O2. The lowest BCUT2D eigenvalue weighted by Crippen LogP contribution is -2.41. The van der Waals surface area contributed by atoms with Crippen LogP contribution in [0.1, 0.15) is 30.9 Å². The van der Waals surface area contributed by atoms with Gasteiger partial charge in [0.1, 0.15) is 5.75 Å². The zero-order chi connectivity index (χ0) is 17.4. The highest BCUT2D eigenvalue weighted by Crippen LogP contribution is 2.28. The molecular weight excluding hydrogens is 431 g/mol. The molecule has 1 aliphatic rings. The number of nitrogens with one attached hydrogen (secondary N) is 3. The molecule has 1 fully saturated rings. The van der Waals surface area contributed by atoms with E-state index in [1.807, 2.05) is 26.0 Å². The van der Waals surface area contributed by atoms with Gasteiger partial charge in [0.25, 0.3) is 0 Å². The van der Waals surface area contributed by atoms with Gasteiger partial charge in [-0.1, -0.05) is 12.1 Å². The Morgan fingerprint density at radius 3 is 2.60 bits per heavy atom. The molecule has 7 heteroatoms. The number of hydrogen-bond donors (Lipinski definition) is 3. The second-order valence-corrected chi connectivity index (χ2v) is 5.99. The number of benzene rings is 1. The van der Waals surface area contributed by atoms with Crippen LogP contribution in [0.4, 0.5) is 0 Å². The van der Waals surface area contributed by atoms with Gasteiger partial charge in [0.15, 0.2) is 5.96 Å². The van der Waals surface area contributed by atoms with Gasteiger partial charge in [-0.25, -0.2) is 4.99 Å². The fraction of sp³-hybridized carbons (Fsp3) is 0.556. The molecule has 3 N–H and O–H groups in total. The number of methoxy groups -OCH3 is 1. The monoisotopic (exact) mass is 460 g/mol. The van der Waals surface area contributed by atoms with Gasteiger partial charge < -0.3 is 20.7 Å². The van der Waals surface area contributed by atoms with E-state index in [-0.39, 0.29) is 35.8 Å². The van der Waals surface area contributed by atoms with Crippen LogP contribution in [-0.4, -0.2) is 38.6 Å². The number of carbonyl (C=O) groups excluding carboxylic acids is 1. The molecule has 1 saturated carbocycles. The van der Waals surface area contributed by atoms with E-state index < -0.39 is 0 Å². The molecule has 1 aliphatic carbocycles. The van der Waals surface area contributed by atoms with Crippen LogP contribution in [0.15, 0.2) is 23.2 Å². The molecule has 6 nitrogen and oxygen atoms in total. The summed E-state index contributed by atoms with van der Waals surface area (Å²) in [7, 11) is 1.68. The third-order valence-electron chi connectivity index (χ3n) is 3.90. The topological polar surface area (TPSA) is 74.8 Å². The Balaban J connectivity index is 0.00000312. The molecule has 1 aromatic carbocycles. The summed E-state index contributed by atoms with van der Waals surface area (Å²) in [4.78, 5) is 16.2. The van der Waals surface area contributed by atoms with Crippen molar-refractivity contribution in [3.8, 4) is 5.75 Å². The summed E-state index contributed by atoms with van der Waals surface area (Å²) >= 11 is 0. The van der Waals surface area contributed by atoms with E-state index in [0.717, 1.165) is 42.2 Å². The van der Waals surface area contributed by atoms with Crippen LogP contribution < -0.4 is 20.7 Å². The van der Waals surface area contributed by atoms with Gasteiger partial charge in [0.2, 0.25) is 5.91 Å². The maximum Gasteiger partial charge on any atom is 0.223 e. The van der Waals surface area contributed by atoms with Crippen LogP contribution in [-0.2, 0) is 11.3 Å². The largest absolute Gasteiger partial charge is 0.496 e. The minimum atomic E-state index is 0. The molecule has 0 unspecified atom stereocenters. The number of hydrogen-bond acceptors (Lipinski definition) is 3. The minimum Gasteiger partial charge on any atom is -0.496 e. The van der Waals surface area contributed by atoms with Gasteiger partial charge in [-0.15, -0.1) is 24.0 Å². The van der Waals surface area contributed by atoms with Crippen molar-refractivity contribution in [2.45, 2.75) is 33.2 Å². The van der Waals surface area contributed by atoms with Crippen LogP contribution in [0.5, 0.6) is 5.75 Å². The number of amides is 1. The molecule has 0 spiro atoms. The molecule has 0 bridgehead atoms. The lowest BCUT2D eigenvalue weighted by molar-refractivity contribution is -0.122. The molecule has 0 aromatic heterocycles. The molecule has 140 valence electrons. The van der Waals surface area contributed by atoms with Crippen molar-refractivity contribution in [2.24, 2.45) is 10.9 Å². The first-order valence-electron chi connectivity index (χ1n) is 8.57. The Morgan fingerprint density at radius 2 is 1.96 bits per heavy atom. The maximum atomic E-state index is 11.6. The highest BCUT2D eigenvalue weighted by Gasteiger charge is 2.28. The average Bonchev–Trinajstić information content (AvgIpc) is 3.42. The predicted octanol–water partition coefficient (Wildman–Crippen LogP) is 2.20. The molecule has 0 atom stereocenters. The van der Waals surface area contributed by atoms with Gasteiger partial charge >= 0.3 is 0 Å². The van der Waals surface area contributed by atoms with E-state index in [1.165, 1.54) is 0 Å². The zero-order valence-corrected chi connectivity index (χ0v) is 17.6. The van der Waals surface area contributed by atoms with E-state index in [2.05, 4.69) is 27.0 Å². The molecule has 2 rings (SSSR count). The number of guanidine groups is 1. The third-order valence-corrected chi connectivity index (χ3v) is 3.90. The SMILES string of the molecule is CCNC(=NCc1ccc(C)c(OC)c1)NCCNC(=O)C1CC1.I. The Hall–Kier alpha value is -1.51. The Bertz CT molecular complexity index is 588. The van der Waals surface area contributed by atoms with Crippen molar-refractivity contribution < 1.29 is 9.53 Å². The second kappa shape index (κ2) is 11.2. The van der Waals surface area contributed by atoms with Crippen LogP contribution in [0.25, 0.3) is 0 Å². The first kappa shape index (κ1) is 21.5. The number of halogens is 1. The first-order chi connectivity index (χ1) is 11.6. The van der Waals surface area contributed by atoms with Crippen LogP contribution in [0, 0.1) is 12.8 Å². The number of aryl methyl sites for hydroxylation is 1. The Morgan fingerprint density at radius 1 is 1.24 bits per heavy atom. The van der Waals surface area contributed by atoms with Crippen LogP contribution >= 0.6 is 24.0 Å². The van der Waals surface area contributed by atoms with E-state index in [4.69, 9.17) is 4.74 Å². The summed E-state index contributed by atoms with van der Waals surface area (Å²) in [6, 6.07) is 6.11. The molecule has 1 aromatic rings. The average molecular weight is 460 g/mol. The quantitative estimate of drug-likeness (QED) is 0.241. The third kappa shape index (κ3) is 7.50. The van der Waals surface area contributed by atoms with E-state index in [0.29, 0.717) is 19.6 Å².